The van der Waals surface area contributed by atoms with Gasteiger partial charge in [0.1, 0.15) is 0 Å². The molecular weight excluding hydrogens is 318 g/mol. The Labute approximate surface area is 145 Å². The van der Waals surface area contributed by atoms with Gasteiger partial charge in [0, 0.05) is 46.3 Å². The molecule has 0 radical (unpaired) electrons. The predicted octanol–water partition coefficient (Wildman–Crippen LogP) is 2.70. The Morgan fingerprint density at radius 1 is 1.40 bits per heavy atom. The lowest BCUT2D eigenvalue weighted by atomic mass is 9.77. The fourth-order valence-electron chi connectivity index (χ4n) is 5.97. The maximum absolute atomic E-state index is 12.7. The first-order chi connectivity index (χ1) is 12.0. The van der Waals surface area contributed by atoms with Crippen molar-refractivity contribution in [2.75, 3.05) is 13.1 Å². The second kappa shape index (κ2) is 4.84. The van der Waals surface area contributed by atoms with Crippen molar-refractivity contribution < 1.29 is 9.72 Å². The Morgan fingerprint density at radius 2 is 2.20 bits per heavy atom. The van der Waals surface area contributed by atoms with Crippen LogP contribution in [0.5, 0.6) is 0 Å². The molecule has 1 spiro atoms. The van der Waals surface area contributed by atoms with Crippen LogP contribution in [0.15, 0.2) is 24.3 Å². The van der Waals surface area contributed by atoms with Crippen molar-refractivity contribution in [3.63, 3.8) is 0 Å². The number of amides is 1. The van der Waals surface area contributed by atoms with E-state index in [9.17, 15) is 14.9 Å². The van der Waals surface area contributed by atoms with E-state index >= 15 is 0 Å². The van der Waals surface area contributed by atoms with Crippen LogP contribution in [0.1, 0.15) is 31.0 Å². The van der Waals surface area contributed by atoms with Gasteiger partial charge in [0.2, 0.25) is 12.5 Å². The lowest BCUT2D eigenvalue weighted by Crippen LogP contribution is -2.49. The van der Waals surface area contributed by atoms with Crippen molar-refractivity contribution in [1.82, 2.24) is 9.88 Å². The third kappa shape index (κ3) is 1.77. The number of fused-ring (bicyclic) bond motifs is 3. The lowest BCUT2D eigenvalue weighted by Gasteiger charge is -2.43. The second-order valence-electron chi connectivity index (χ2n) is 7.91. The van der Waals surface area contributed by atoms with Gasteiger partial charge in [-0.05, 0) is 30.4 Å². The number of aromatic amines is 1. The number of nitrogens with one attached hydrogen (secondary N) is 1. The van der Waals surface area contributed by atoms with E-state index < -0.39 is 0 Å². The first kappa shape index (κ1) is 14.9. The van der Waals surface area contributed by atoms with Crippen LogP contribution in [0.3, 0.4) is 0 Å². The van der Waals surface area contributed by atoms with Crippen molar-refractivity contribution in [3.05, 3.63) is 45.6 Å². The van der Waals surface area contributed by atoms with Crippen LogP contribution < -0.4 is 0 Å². The van der Waals surface area contributed by atoms with Crippen LogP contribution in [-0.4, -0.2) is 33.8 Å². The minimum Gasteiger partial charge on any atom is -0.356 e. The van der Waals surface area contributed by atoms with Gasteiger partial charge in [-0.25, -0.2) is 0 Å². The minimum absolute atomic E-state index is 0.0347. The Morgan fingerprint density at radius 3 is 3.00 bits per heavy atom. The smallest absolute Gasteiger partial charge is 0.223 e. The number of aromatic nitrogens is 1. The number of benzene rings is 1. The number of hydrogen-bond acceptors (Lipinski definition) is 3. The molecule has 2 aliphatic heterocycles. The van der Waals surface area contributed by atoms with Gasteiger partial charge in [-0.15, -0.1) is 0 Å². The van der Waals surface area contributed by atoms with E-state index in [1.54, 1.807) is 0 Å². The molecule has 6 heteroatoms. The van der Waals surface area contributed by atoms with Crippen molar-refractivity contribution >= 4 is 16.8 Å². The molecule has 6 nitrogen and oxygen atoms in total. The monoisotopic (exact) mass is 339 g/mol. The number of carbonyl (C=O) groups excluding carboxylic acids is 1. The van der Waals surface area contributed by atoms with Crippen LogP contribution in [0.25, 0.3) is 10.9 Å². The summed E-state index contributed by atoms with van der Waals surface area (Å²) in [7, 11) is 0. The molecule has 1 aromatic heterocycles. The highest BCUT2D eigenvalue weighted by Crippen LogP contribution is 2.61. The summed E-state index contributed by atoms with van der Waals surface area (Å²) in [6.07, 6.45) is 2.12. The zero-order chi connectivity index (χ0) is 17.3. The van der Waals surface area contributed by atoms with Crippen molar-refractivity contribution in [2.24, 2.45) is 17.8 Å². The first-order valence-corrected chi connectivity index (χ1v) is 9.04. The molecule has 1 saturated carbocycles. The molecular formula is C19H21N3O3. The minimum atomic E-state index is -0.371. The predicted molar refractivity (Wildman–Crippen MR) is 92.6 cm³/mol. The number of H-pyrrole nitrogens is 1. The van der Waals surface area contributed by atoms with Gasteiger partial charge in [-0.2, -0.15) is 0 Å². The molecule has 25 heavy (non-hydrogen) atoms. The molecule has 1 aliphatic carbocycles. The Bertz CT molecular complexity index is 904. The topological polar surface area (TPSA) is 79.2 Å². The van der Waals surface area contributed by atoms with Gasteiger partial charge in [0.15, 0.2) is 0 Å². The van der Waals surface area contributed by atoms with E-state index in [1.165, 1.54) is 10.9 Å². The maximum atomic E-state index is 12.7. The van der Waals surface area contributed by atoms with Crippen LogP contribution in [-0.2, 0) is 16.8 Å². The maximum Gasteiger partial charge on any atom is 0.223 e. The van der Waals surface area contributed by atoms with Gasteiger partial charge in [0.25, 0.3) is 0 Å². The average Bonchev–Trinajstić information content (AvgIpc) is 3.16. The van der Waals surface area contributed by atoms with Crippen LogP contribution in [0, 0.1) is 27.9 Å². The summed E-state index contributed by atoms with van der Waals surface area (Å²) in [4.78, 5) is 29.4. The average molecular weight is 339 g/mol. The van der Waals surface area contributed by atoms with E-state index in [0.717, 1.165) is 30.6 Å². The molecule has 1 N–H and O–H groups in total. The van der Waals surface area contributed by atoms with E-state index in [2.05, 4.69) is 24.0 Å². The Kier molecular flexibility index (Phi) is 2.89. The van der Waals surface area contributed by atoms with Gasteiger partial charge < -0.3 is 9.88 Å². The van der Waals surface area contributed by atoms with Gasteiger partial charge in [0.05, 0.1) is 5.54 Å². The molecule has 130 valence electrons. The van der Waals surface area contributed by atoms with Crippen molar-refractivity contribution in [1.29, 1.82) is 0 Å². The largest absolute Gasteiger partial charge is 0.356 e. The first-order valence-electron chi connectivity index (χ1n) is 9.04. The Hall–Kier alpha value is -2.37. The molecule has 3 unspecified atom stereocenters. The highest BCUT2D eigenvalue weighted by atomic mass is 16.6. The van der Waals surface area contributed by atoms with Gasteiger partial charge in [-0.3, -0.25) is 14.9 Å². The molecule has 4 atom stereocenters. The standard InChI is InChI=1S/C19H21N3O3/c1-11-9-19-15(14(11)10-22(24)25)8-17(23)21(19)7-6-13-12-4-2-3-5-16(12)20-18(13)19/h2-5,11,14-15,20H,6-10H2,1H3/t11?,14-,15?,19?/m1/s1. The van der Waals surface area contributed by atoms with E-state index in [1.807, 2.05) is 17.0 Å². The van der Waals surface area contributed by atoms with E-state index in [4.69, 9.17) is 0 Å². The summed E-state index contributed by atoms with van der Waals surface area (Å²) in [6, 6.07) is 8.28. The molecule has 1 amide bonds. The van der Waals surface area contributed by atoms with E-state index in [0.29, 0.717) is 6.42 Å². The third-order valence-corrected chi connectivity index (χ3v) is 6.86. The number of nitrogens with zero attached hydrogens (tertiary/aromatic N) is 2. The zero-order valence-electron chi connectivity index (χ0n) is 14.2. The van der Waals surface area contributed by atoms with Crippen LogP contribution in [0.4, 0.5) is 0 Å². The summed E-state index contributed by atoms with van der Waals surface area (Å²) in [6.45, 7) is 2.80. The summed E-state index contributed by atoms with van der Waals surface area (Å²) < 4.78 is 0. The molecule has 1 saturated heterocycles. The SMILES string of the molecule is CC1CC23c4[nH]c5ccccc5c4CCN2C(=O)CC3[C@@H]1C[N+](=O)[O-]. The normalized spacial score (nSPS) is 33.4. The summed E-state index contributed by atoms with van der Waals surface area (Å²) >= 11 is 0. The second-order valence-corrected chi connectivity index (χ2v) is 7.91. The molecule has 2 fully saturated rings. The molecule has 0 bridgehead atoms. The number of para-hydroxylation sites is 1. The van der Waals surface area contributed by atoms with Gasteiger partial charge in [-0.1, -0.05) is 25.1 Å². The molecule has 3 heterocycles. The van der Waals surface area contributed by atoms with Crippen LogP contribution in [0.2, 0.25) is 0 Å². The highest BCUT2D eigenvalue weighted by molar-refractivity contribution is 5.88. The van der Waals surface area contributed by atoms with Crippen LogP contribution >= 0.6 is 0 Å². The quantitative estimate of drug-likeness (QED) is 0.675. The van der Waals surface area contributed by atoms with E-state index in [-0.39, 0.29) is 40.7 Å². The number of carbonyl (C=O) groups is 1. The summed E-state index contributed by atoms with van der Waals surface area (Å²) in [5.74, 6) is 0.395. The summed E-state index contributed by atoms with van der Waals surface area (Å²) in [5.41, 5.74) is 3.19. The lowest BCUT2D eigenvalue weighted by molar-refractivity contribution is -0.491. The number of rotatable bonds is 2. The molecule has 2 aromatic rings. The fourth-order valence-corrected chi connectivity index (χ4v) is 5.97. The van der Waals surface area contributed by atoms with Crippen molar-refractivity contribution in [2.45, 2.75) is 31.7 Å². The molecule has 3 aliphatic rings. The third-order valence-electron chi connectivity index (χ3n) is 6.86. The molecule has 5 rings (SSSR count). The zero-order valence-corrected chi connectivity index (χ0v) is 14.2. The molecule has 1 aromatic carbocycles. The highest BCUT2D eigenvalue weighted by Gasteiger charge is 2.65. The fraction of sp³-hybridized carbons (Fsp3) is 0.526. The van der Waals surface area contributed by atoms with Crippen molar-refractivity contribution in [3.8, 4) is 0 Å². The van der Waals surface area contributed by atoms with Gasteiger partial charge >= 0.3 is 0 Å². The Balaban J connectivity index is 1.72. The summed E-state index contributed by atoms with van der Waals surface area (Å²) in [5, 5.41) is 12.4. The number of nitro groups is 1. The number of hydrogen-bond donors (Lipinski definition) is 1.